The zero-order valence-corrected chi connectivity index (χ0v) is 15.4. The van der Waals surface area contributed by atoms with Gasteiger partial charge in [0.15, 0.2) is 11.5 Å². The summed E-state index contributed by atoms with van der Waals surface area (Å²) in [5.74, 6) is 1.21. The number of amides is 1. The zero-order valence-electron chi connectivity index (χ0n) is 15.4. The number of carbonyl (C=O) groups is 1. The first-order chi connectivity index (χ1) is 12.5. The molecule has 0 spiro atoms. The van der Waals surface area contributed by atoms with Crippen molar-refractivity contribution in [2.45, 2.75) is 13.5 Å². The molecule has 0 aliphatic heterocycles. The van der Waals surface area contributed by atoms with Crippen LogP contribution in [0, 0.1) is 6.92 Å². The number of fused-ring (bicyclic) bond motifs is 1. The van der Waals surface area contributed by atoms with Crippen LogP contribution in [0.3, 0.4) is 0 Å². The molecular formula is C21H22N2O3. The number of nitrogens with zero attached hydrogens (tertiary/aromatic N) is 2. The molecule has 5 heteroatoms. The van der Waals surface area contributed by atoms with Gasteiger partial charge in [0.05, 0.1) is 19.7 Å². The van der Waals surface area contributed by atoms with Gasteiger partial charge >= 0.3 is 0 Å². The molecule has 1 aromatic heterocycles. The van der Waals surface area contributed by atoms with Crippen molar-refractivity contribution in [2.24, 2.45) is 0 Å². The summed E-state index contributed by atoms with van der Waals surface area (Å²) in [4.78, 5) is 18.9. The van der Waals surface area contributed by atoms with Gasteiger partial charge in [0.2, 0.25) is 0 Å². The summed E-state index contributed by atoms with van der Waals surface area (Å²) < 4.78 is 10.7. The van der Waals surface area contributed by atoms with Crippen LogP contribution in [0.15, 0.2) is 48.5 Å². The topological polar surface area (TPSA) is 51.7 Å². The number of methoxy groups -OCH3 is 2. The monoisotopic (exact) mass is 350 g/mol. The summed E-state index contributed by atoms with van der Waals surface area (Å²) in [6.07, 6.45) is 0. The van der Waals surface area contributed by atoms with E-state index in [0.717, 1.165) is 22.0 Å². The highest BCUT2D eigenvalue weighted by Gasteiger charge is 2.16. The van der Waals surface area contributed by atoms with Crippen LogP contribution in [0.5, 0.6) is 11.5 Å². The van der Waals surface area contributed by atoms with E-state index in [0.29, 0.717) is 23.7 Å². The largest absolute Gasteiger partial charge is 0.493 e. The minimum Gasteiger partial charge on any atom is -0.493 e. The number of pyridine rings is 1. The Morgan fingerprint density at radius 3 is 2.46 bits per heavy atom. The predicted octanol–water partition coefficient (Wildman–Crippen LogP) is 3.83. The van der Waals surface area contributed by atoms with Crippen LogP contribution < -0.4 is 9.47 Å². The first-order valence-electron chi connectivity index (χ1n) is 8.36. The molecule has 0 aliphatic carbocycles. The van der Waals surface area contributed by atoms with E-state index in [1.54, 1.807) is 32.2 Å². The second-order valence-electron chi connectivity index (χ2n) is 6.18. The van der Waals surface area contributed by atoms with E-state index in [2.05, 4.69) is 4.98 Å². The van der Waals surface area contributed by atoms with Crippen molar-refractivity contribution in [3.05, 3.63) is 65.4 Å². The number of hydrogen-bond acceptors (Lipinski definition) is 4. The van der Waals surface area contributed by atoms with Crippen LogP contribution in [0.1, 0.15) is 21.6 Å². The molecule has 134 valence electrons. The Hall–Kier alpha value is -3.08. The minimum absolute atomic E-state index is 0.120. The maximum Gasteiger partial charge on any atom is 0.272 e. The Morgan fingerprint density at radius 2 is 1.73 bits per heavy atom. The molecule has 3 aromatic rings. The Balaban J connectivity index is 1.84. The van der Waals surface area contributed by atoms with Gasteiger partial charge in [-0.3, -0.25) is 4.79 Å². The number of hydrogen-bond donors (Lipinski definition) is 0. The number of aromatic nitrogens is 1. The van der Waals surface area contributed by atoms with E-state index in [-0.39, 0.29) is 5.91 Å². The number of aryl methyl sites for hydroxylation is 1. The van der Waals surface area contributed by atoms with Gasteiger partial charge < -0.3 is 14.4 Å². The van der Waals surface area contributed by atoms with Crippen LogP contribution in [0.2, 0.25) is 0 Å². The average molecular weight is 350 g/mol. The Kier molecular flexibility index (Phi) is 5.07. The van der Waals surface area contributed by atoms with Gasteiger partial charge in [0.1, 0.15) is 5.69 Å². The lowest BCUT2D eigenvalue weighted by Gasteiger charge is -2.20. The molecule has 26 heavy (non-hydrogen) atoms. The van der Waals surface area contributed by atoms with Crippen molar-refractivity contribution in [1.29, 1.82) is 0 Å². The fourth-order valence-electron chi connectivity index (χ4n) is 2.90. The van der Waals surface area contributed by atoms with E-state index in [4.69, 9.17) is 9.47 Å². The highest BCUT2D eigenvalue weighted by Crippen LogP contribution is 2.30. The lowest BCUT2D eigenvalue weighted by molar-refractivity contribution is 0.0779. The van der Waals surface area contributed by atoms with Crippen LogP contribution in [-0.2, 0) is 6.54 Å². The average Bonchev–Trinajstić information content (AvgIpc) is 2.68. The van der Waals surface area contributed by atoms with Gasteiger partial charge in [-0.15, -0.1) is 0 Å². The molecule has 0 radical (unpaired) electrons. The van der Waals surface area contributed by atoms with E-state index in [1.165, 1.54) is 0 Å². The molecule has 2 aromatic carbocycles. The normalized spacial score (nSPS) is 10.6. The van der Waals surface area contributed by atoms with Crippen molar-refractivity contribution in [3.8, 4) is 11.5 Å². The van der Waals surface area contributed by atoms with Crippen LogP contribution in [0.25, 0.3) is 10.9 Å². The van der Waals surface area contributed by atoms with E-state index in [9.17, 15) is 4.79 Å². The predicted molar refractivity (Wildman–Crippen MR) is 102 cm³/mol. The Bertz CT molecular complexity index is 953. The zero-order chi connectivity index (χ0) is 18.7. The summed E-state index contributed by atoms with van der Waals surface area (Å²) in [6, 6.07) is 15.3. The third kappa shape index (κ3) is 3.47. The fraction of sp³-hybridized carbons (Fsp3) is 0.238. The molecule has 1 heterocycles. The molecule has 3 rings (SSSR count). The number of para-hydroxylation sites is 1. The van der Waals surface area contributed by atoms with Gasteiger partial charge in [0.25, 0.3) is 5.91 Å². The van der Waals surface area contributed by atoms with Gasteiger partial charge in [-0.1, -0.05) is 24.3 Å². The molecule has 0 N–H and O–H groups in total. The standard InChI is InChI=1S/C21H22N2O3/c1-14-11-19(25-3)20(26-4)12-16(14)13-23(2)21(24)18-10-9-15-7-5-6-8-17(15)22-18/h5-12H,13H2,1-4H3. The highest BCUT2D eigenvalue weighted by molar-refractivity contribution is 5.94. The van der Waals surface area contributed by atoms with Crippen molar-refractivity contribution in [2.75, 3.05) is 21.3 Å². The van der Waals surface area contributed by atoms with E-state index >= 15 is 0 Å². The summed E-state index contributed by atoms with van der Waals surface area (Å²) in [5.41, 5.74) is 3.28. The van der Waals surface area contributed by atoms with Crippen LogP contribution in [0.4, 0.5) is 0 Å². The smallest absolute Gasteiger partial charge is 0.272 e. The maximum atomic E-state index is 12.8. The molecule has 0 unspecified atom stereocenters. The second-order valence-corrected chi connectivity index (χ2v) is 6.18. The molecule has 0 saturated carbocycles. The lowest BCUT2D eigenvalue weighted by Crippen LogP contribution is -2.27. The molecular weight excluding hydrogens is 328 g/mol. The quantitative estimate of drug-likeness (QED) is 0.702. The first-order valence-corrected chi connectivity index (χ1v) is 8.36. The van der Waals surface area contributed by atoms with Crippen molar-refractivity contribution in [3.63, 3.8) is 0 Å². The molecule has 0 saturated heterocycles. The SMILES string of the molecule is COc1cc(C)c(CN(C)C(=O)c2ccc3ccccc3n2)cc1OC. The number of benzene rings is 2. The van der Waals surface area contributed by atoms with Gasteiger partial charge in [-0.25, -0.2) is 4.98 Å². The molecule has 0 fully saturated rings. The fourth-order valence-corrected chi connectivity index (χ4v) is 2.90. The molecule has 5 nitrogen and oxygen atoms in total. The van der Waals surface area contributed by atoms with E-state index in [1.807, 2.05) is 49.4 Å². The third-order valence-electron chi connectivity index (χ3n) is 4.41. The number of rotatable bonds is 5. The maximum absolute atomic E-state index is 12.8. The summed E-state index contributed by atoms with van der Waals surface area (Å²) in [7, 11) is 4.98. The number of carbonyl (C=O) groups excluding carboxylic acids is 1. The highest BCUT2D eigenvalue weighted by atomic mass is 16.5. The first kappa shape index (κ1) is 17.7. The van der Waals surface area contributed by atoms with E-state index < -0.39 is 0 Å². The Labute approximate surface area is 153 Å². The lowest BCUT2D eigenvalue weighted by atomic mass is 10.1. The second kappa shape index (κ2) is 7.44. The third-order valence-corrected chi connectivity index (χ3v) is 4.41. The molecule has 0 atom stereocenters. The van der Waals surface area contributed by atoms with Gasteiger partial charge in [0, 0.05) is 19.0 Å². The van der Waals surface area contributed by atoms with Gasteiger partial charge in [-0.2, -0.15) is 0 Å². The van der Waals surface area contributed by atoms with Crippen molar-refractivity contribution < 1.29 is 14.3 Å². The van der Waals surface area contributed by atoms with Crippen LogP contribution in [-0.4, -0.2) is 37.1 Å². The van der Waals surface area contributed by atoms with Gasteiger partial charge in [-0.05, 0) is 42.3 Å². The summed E-state index contributed by atoms with van der Waals surface area (Å²) in [6.45, 7) is 2.45. The van der Waals surface area contributed by atoms with Crippen molar-refractivity contribution >= 4 is 16.8 Å². The summed E-state index contributed by atoms with van der Waals surface area (Å²) in [5, 5.41) is 1.02. The Morgan fingerprint density at radius 1 is 1.04 bits per heavy atom. The molecule has 0 bridgehead atoms. The minimum atomic E-state index is -0.120. The summed E-state index contributed by atoms with van der Waals surface area (Å²) >= 11 is 0. The van der Waals surface area contributed by atoms with Crippen molar-refractivity contribution in [1.82, 2.24) is 9.88 Å². The number of ether oxygens (including phenoxy) is 2. The van der Waals surface area contributed by atoms with Crippen LogP contribution >= 0.6 is 0 Å². The molecule has 0 aliphatic rings. The molecule has 1 amide bonds.